The molecule has 0 rings (SSSR count). The van der Waals surface area contributed by atoms with Crippen LogP contribution in [0.4, 0.5) is 0 Å². The van der Waals surface area contributed by atoms with Crippen molar-refractivity contribution in [3.63, 3.8) is 0 Å². The Labute approximate surface area is 94.1 Å². The van der Waals surface area contributed by atoms with Gasteiger partial charge in [0.1, 0.15) is 0 Å². The van der Waals surface area contributed by atoms with Gasteiger partial charge >= 0.3 is 0 Å². The number of allylic oxidation sites excluding steroid dienone is 2. The summed E-state index contributed by atoms with van der Waals surface area (Å²) in [4.78, 5) is 10.8. The highest BCUT2D eigenvalue weighted by molar-refractivity contribution is 5.87. The standard InChI is InChI=1S/C13H25NO/c1-5-7-8-13(6-2)10-14-11(3)9-12(4)15/h9,13-14H,5-8,10H2,1-4H3/t13-/m1/s1. The minimum absolute atomic E-state index is 0.113. The summed E-state index contributed by atoms with van der Waals surface area (Å²) in [7, 11) is 0. The smallest absolute Gasteiger partial charge is 0.154 e. The van der Waals surface area contributed by atoms with Crippen LogP contribution in [-0.4, -0.2) is 12.3 Å². The van der Waals surface area contributed by atoms with Crippen LogP contribution in [0.2, 0.25) is 0 Å². The van der Waals surface area contributed by atoms with Crippen molar-refractivity contribution in [2.75, 3.05) is 6.54 Å². The van der Waals surface area contributed by atoms with Crippen LogP contribution < -0.4 is 5.32 Å². The predicted molar refractivity (Wildman–Crippen MR) is 65.7 cm³/mol. The fourth-order valence-electron chi connectivity index (χ4n) is 1.60. The van der Waals surface area contributed by atoms with Gasteiger partial charge in [0.25, 0.3) is 0 Å². The average molecular weight is 211 g/mol. The Morgan fingerprint density at radius 3 is 2.47 bits per heavy atom. The normalized spacial score (nSPS) is 13.7. The van der Waals surface area contributed by atoms with Crippen LogP contribution in [0.5, 0.6) is 0 Å². The first-order chi connectivity index (χ1) is 7.10. The van der Waals surface area contributed by atoms with Crippen molar-refractivity contribution in [3.8, 4) is 0 Å². The van der Waals surface area contributed by atoms with E-state index in [0.717, 1.165) is 18.2 Å². The Kier molecular flexibility index (Phi) is 8.06. The largest absolute Gasteiger partial charge is 0.388 e. The van der Waals surface area contributed by atoms with Crippen LogP contribution in [0.25, 0.3) is 0 Å². The molecule has 1 N–H and O–H groups in total. The van der Waals surface area contributed by atoms with Crippen molar-refractivity contribution in [1.82, 2.24) is 5.32 Å². The quantitative estimate of drug-likeness (QED) is 0.624. The number of ketones is 1. The van der Waals surface area contributed by atoms with E-state index >= 15 is 0 Å². The first-order valence-electron chi connectivity index (χ1n) is 6.02. The molecule has 0 aromatic carbocycles. The highest BCUT2D eigenvalue weighted by Gasteiger charge is 2.04. The first-order valence-corrected chi connectivity index (χ1v) is 6.02. The van der Waals surface area contributed by atoms with Crippen molar-refractivity contribution in [1.29, 1.82) is 0 Å². The molecule has 15 heavy (non-hydrogen) atoms. The summed E-state index contributed by atoms with van der Waals surface area (Å²) in [5.74, 6) is 0.849. The van der Waals surface area contributed by atoms with Gasteiger partial charge in [-0.3, -0.25) is 4.79 Å². The molecule has 88 valence electrons. The van der Waals surface area contributed by atoms with Crippen molar-refractivity contribution in [2.24, 2.45) is 5.92 Å². The third kappa shape index (κ3) is 8.22. The molecular weight excluding hydrogens is 186 g/mol. The summed E-state index contributed by atoms with van der Waals surface area (Å²) in [5.41, 5.74) is 0.984. The van der Waals surface area contributed by atoms with Gasteiger partial charge in [0, 0.05) is 12.2 Å². The highest BCUT2D eigenvalue weighted by atomic mass is 16.1. The Morgan fingerprint density at radius 1 is 1.33 bits per heavy atom. The number of hydrogen-bond acceptors (Lipinski definition) is 2. The zero-order chi connectivity index (χ0) is 11.7. The zero-order valence-electron chi connectivity index (χ0n) is 10.6. The number of unbranched alkanes of at least 4 members (excludes halogenated alkanes) is 1. The summed E-state index contributed by atoms with van der Waals surface area (Å²) in [6.07, 6.45) is 6.72. The number of hydrogen-bond donors (Lipinski definition) is 1. The fraction of sp³-hybridized carbons (Fsp3) is 0.769. The summed E-state index contributed by atoms with van der Waals surface area (Å²) in [6, 6.07) is 0. The third-order valence-corrected chi connectivity index (χ3v) is 2.63. The second kappa shape index (κ2) is 8.51. The molecule has 0 aliphatic carbocycles. The second-order valence-electron chi connectivity index (χ2n) is 4.24. The van der Waals surface area contributed by atoms with Crippen molar-refractivity contribution in [3.05, 3.63) is 11.8 Å². The summed E-state index contributed by atoms with van der Waals surface area (Å²) in [5, 5.41) is 3.31. The topological polar surface area (TPSA) is 29.1 Å². The third-order valence-electron chi connectivity index (χ3n) is 2.63. The van der Waals surface area contributed by atoms with Gasteiger partial charge in [-0.25, -0.2) is 0 Å². The first kappa shape index (κ1) is 14.2. The molecule has 2 heteroatoms. The van der Waals surface area contributed by atoms with E-state index in [4.69, 9.17) is 0 Å². The molecule has 0 fully saturated rings. The van der Waals surface area contributed by atoms with Crippen molar-refractivity contribution < 1.29 is 4.79 Å². The van der Waals surface area contributed by atoms with Crippen LogP contribution in [0, 0.1) is 5.92 Å². The van der Waals surface area contributed by atoms with E-state index in [1.807, 2.05) is 6.92 Å². The molecule has 0 amide bonds. The van der Waals surface area contributed by atoms with E-state index in [1.54, 1.807) is 13.0 Å². The van der Waals surface area contributed by atoms with Crippen LogP contribution in [0.15, 0.2) is 11.8 Å². The van der Waals surface area contributed by atoms with Gasteiger partial charge in [-0.05, 0) is 32.3 Å². The van der Waals surface area contributed by atoms with Crippen molar-refractivity contribution in [2.45, 2.75) is 53.4 Å². The van der Waals surface area contributed by atoms with E-state index in [9.17, 15) is 4.79 Å². The van der Waals surface area contributed by atoms with E-state index in [0.29, 0.717) is 0 Å². The minimum atomic E-state index is 0.113. The Morgan fingerprint density at radius 2 is 2.00 bits per heavy atom. The molecule has 2 nitrogen and oxygen atoms in total. The SMILES string of the molecule is CCCC[C@@H](CC)CNC(C)=CC(C)=O. The van der Waals surface area contributed by atoms with E-state index in [-0.39, 0.29) is 5.78 Å². The van der Waals surface area contributed by atoms with Gasteiger partial charge in [0.2, 0.25) is 0 Å². The summed E-state index contributed by atoms with van der Waals surface area (Å²) >= 11 is 0. The molecule has 0 aliphatic rings. The Bertz CT molecular complexity index is 209. The maximum atomic E-state index is 10.8. The van der Waals surface area contributed by atoms with E-state index in [1.165, 1.54) is 25.7 Å². The average Bonchev–Trinajstić information content (AvgIpc) is 2.17. The second-order valence-corrected chi connectivity index (χ2v) is 4.24. The van der Waals surface area contributed by atoms with Gasteiger partial charge in [-0.2, -0.15) is 0 Å². The number of carbonyl (C=O) groups is 1. The number of rotatable bonds is 8. The van der Waals surface area contributed by atoms with Crippen molar-refractivity contribution >= 4 is 5.78 Å². The lowest BCUT2D eigenvalue weighted by Crippen LogP contribution is -2.21. The molecule has 0 saturated carbocycles. The molecule has 0 aromatic heterocycles. The van der Waals surface area contributed by atoms with Gasteiger partial charge in [-0.1, -0.05) is 33.1 Å². The lowest BCUT2D eigenvalue weighted by atomic mass is 9.99. The molecule has 0 bridgehead atoms. The van der Waals surface area contributed by atoms with Gasteiger partial charge in [-0.15, -0.1) is 0 Å². The van der Waals surface area contributed by atoms with Crippen LogP contribution in [0.1, 0.15) is 53.4 Å². The zero-order valence-corrected chi connectivity index (χ0v) is 10.6. The molecule has 0 spiro atoms. The molecular formula is C13H25NO. The van der Waals surface area contributed by atoms with E-state index in [2.05, 4.69) is 19.2 Å². The molecule has 0 aromatic rings. The van der Waals surface area contributed by atoms with Gasteiger partial charge in [0.05, 0.1) is 0 Å². The summed E-state index contributed by atoms with van der Waals surface area (Å²) < 4.78 is 0. The molecule has 0 saturated heterocycles. The monoisotopic (exact) mass is 211 g/mol. The highest BCUT2D eigenvalue weighted by Crippen LogP contribution is 2.11. The number of nitrogens with one attached hydrogen (secondary N) is 1. The lowest BCUT2D eigenvalue weighted by Gasteiger charge is -2.16. The van der Waals surface area contributed by atoms with Gasteiger partial charge < -0.3 is 5.32 Å². The summed E-state index contributed by atoms with van der Waals surface area (Å²) in [6.45, 7) is 8.98. The lowest BCUT2D eigenvalue weighted by molar-refractivity contribution is -0.112. The Hall–Kier alpha value is -0.790. The number of carbonyl (C=O) groups excluding carboxylic acids is 1. The fourth-order valence-corrected chi connectivity index (χ4v) is 1.60. The van der Waals surface area contributed by atoms with Crippen LogP contribution in [0.3, 0.4) is 0 Å². The minimum Gasteiger partial charge on any atom is -0.388 e. The van der Waals surface area contributed by atoms with Gasteiger partial charge in [0.15, 0.2) is 5.78 Å². The van der Waals surface area contributed by atoms with E-state index < -0.39 is 0 Å². The Balaban J connectivity index is 3.84. The maximum Gasteiger partial charge on any atom is 0.154 e. The predicted octanol–water partition coefficient (Wildman–Crippen LogP) is 3.29. The van der Waals surface area contributed by atoms with Crippen LogP contribution in [-0.2, 0) is 4.79 Å². The maximum absolute atomic E-state index is 10.8. The van der Waals surface area contributed by atoms with Crippen LogP contribution >= 0.6 is 0 Å². The molecule has 0 radical (unpaired) electrons. The molecule has 1 atom stereocenters. The molecule has 0 heterocycles. The molecule has 0 aliphatic heterocycles. The molecule has 0 unspecified atom stereocenters.